The lowest BCUT2D eigenvalue weighted by molar-refractivity contribution is -0.123. The Balaban J connectivity index is 2.17. The normalized spacial score (nSPS) is 10.1. The molecule has 3 N–H and O–H groups in total. The van der Waals surface area contributed by atoms with E-state index in [0.29, 0.717) is 17.4 Å². The van der Waals surface area contributed by atoms with Gasteiger partial charge in [-0.15, -0.1) is 0 Å². The molecule has 0 atom stereocenters. The first-order valence-electron chi connectivity index (χ1n) is 6.33. The first-order chi connectivity index (χ1) is 9.97. The summed E-state index contributed by atoms with van der Waals surface area (Å²) in [5.41, 5.74) is 5.08. The maximum atomic E-state index is 11.6. The van der Waals surface area contributed by atoms with E-state index in [1.165, 1.54) is 0 Å². The van der Waals surface area contributed by atoms with Crippen molar-refractivity contribution in [2.75, 3.05) is 33.8 Å². The molecular formula is C13H19BrN4O2S. The van der Waals surface area contributed by atoms with Crippen LogP contribution in [-0.2, 0) is 4.79 Å². The molecule has 21 heavy (non-hydrogen) atoms. The molecule has 1 amide bonds. The van der Waals surface area contributed by atoms with Gasteiger partial charge in [0.05, 0.1) is 0 Å². The highest BCUT2D eigenvalue weighted by Gasteiger charge is 2.03. The fourth-order valence-electron chi connectivity index (χ4n) is 1.31. The van der Waals surface area contributed by atoms with E-state index in [0.717, 1.165) is 11.0 Å². The molecule has 0 saturated carbocycles. The van der Waals surface area contributed by atoms with E-state index in [9.17, 15) is 4.79 Å². The molecule has 1 aromatic rings. The van der Waals surface area contributed by atoms with Gasteiger partial charge < -0.3 is 15.0 Å². The van der Waals surface area contributed by atoms with Gasteiger partial charge in [0.25, 0.3) is 5.91 Å². The number of nitrogens with one attached hydrogen (secondary N) is 3. The number of benzene rings is 1. The number of carbonyl (C=O) groups excluding carboxylic acids is 1. The molecular weight excluding hydrogens is 356 g/mol. The van der Waals surface area contributed by atoms with E-state index in [1.807, 2.05) is 31.1 Å². The van der Waals surface area contributed by atoms with E-state index in [2.05, 4.69) is 32.1 Å². The van der Waals surface area contributed by atoms with Crippen molar-refractivity contribution in [2.24, 2.45) is 0 Å². The number of hydrazine groups is 1. The highest BCUT2D eigenvalue weighted by molar-refractivity contribution is 9.10. The zero-order valence-corrected chi connectivity index (χ0v) is 14.4. The van der Waals surface area contributed by atoms with Crippen molar-refractivity contribution < 1.29 is 9.53 Å². The second-order valence-corrected chi connectivity index (χ2v) is 5.80. The third-order valence-electron chi connectivity index (χ3n) is 2.33. The molecule has 0 spiro atoms. The average molecular weight is 375 g/mol. The maximum absolute atomic E-state index is 11.6. The molecule has 1 aromatic carbocycles. The van der Waals surface area contributed by atoms with E-state index in [4.69, 9.17) is 17.0 Å². The van der Waals surface area contributed by atoms with Crippen molar-refractivity contribution in [3.05, 3.63) is 28.7 Å². The summed E-state index contributed by atoms with van der Waals surface area (Å²) in [5, 5.41) is 3.34. The molecule has 0 bridgehead atoms. The molecule has 1 rings (SSSR count). The van der Waals surface area contributed by atoms with Crippen LogP contribution in [0.4, 0.5) is 0 Å². The molecule has 0 aliphatic rings. The van der Waals surface area contributed by atoms with E-state index in [-0.39, 0.29) is 12.5 Å². The van der Waals surface area contributed by atoms with Crippen LogP contribution in [0.25, 0.3) is 0 Å². The lowest BCUT2D eigenvalue weighted by Crippen LogP contribution is -2.49. The van der Waals surface area contributed by atoms with Crippen LogP contribution in [0.15, 0.2) is 28.7 Å². The summed E-state index contributed by atoms with van der Waals surface area (Å²) in [6.45, 7) is 1.45. The lowest BCUT2D eigenvalue weighted by atomic mass is 10.3. The van der Waals surface area contributed by atoms with Gasteiger partial charge >= 0.3 is 0 Å². The molecule has 0 fully saturated rings. The Labute approximate surface area is 138 Å². The summed E-state index contributed by atoms with van der Waals surface area (Å²) < 4.78 is 6.23. The SMILES string of the molecule is CN(C)CCNC(=S)NNC(=O)COc1cccc(Br)c1. The predicted molar refractivity (Wildman–Crippen MR) is 90.1 cm³/mol. The largest absolute Gasteiger partial charge is 0.484 e. The van der Waals surface area contributed by atoms with Gasteiger partial charge in [0.2, 0.25) is 0 Å². The Morgan fingerprint density at radius 2 is 2.14 bits per heavy atom. The van der Waals surface area contributed by atoms with Crippen molar-refractivity contribution in [3.8, 4) is 5.75 Å². The molecule has 6 nitrogen and oxygen atoms in total. The highest BCUT2D eigenvalue weighted by Crippen LogP contribution is 2.17. The minimum absolute atomic E-state index is 0.0935. The van der Waals surface area contributed by atoms with Crippen LogP contribution in [0.3, 0.4) is 0 Å². The molecule has 0 aromatic heterocycles. The number of ether oxygens (including phenoxy) is 1. The third kappa shape index (κ3) is 8.49. The van der Waals surface area contributed by atoms with Crippen LogP contribution in [0.2, 0.25) is 0 Å². The first kappa shape index (κ1) is 17.7. The minimum Gasteiger partial charge on any atom is -0.484 e. The smallest absolute Gasteiger partial charge is 0.276 e. The highest BCUT2D eigenvalue weighted by atomic mass is 79.9. The Kier molecular flexibility index (Phi) is 8.03. The number of thiocarbonyl (C=S) groups is 1. The first-order valence-corrected chi connectivity index (χ1v) is 7.53. The third-order valence-corrected chi connectivity index (χ3v) is 3.07. The maximum Gasteiger partial charge on any atom is 0.276 e. The summed E-state index contributed by atoms with van der Waals surface area (Å²) in [6, 6.07) is 7.28. The summed E-state index contributed by atoms with van der Waals surface area (Å²) in [5.74, 6) is 0.304. The number of rotatable bonds is 6. The quantitative estimate of drug-likeness (QED) is 0.507. The van der Waals surface area contributed by atoms with E-state index >= 15 is 0 Å². The minimum atomic E-state index is -0.313. The van der Waals surface area contributed by atoms with Crippen LogP contribution in [0.1, 0.15) is 0 Å². The Hall–Kier alpha value is -1.38. The van der Waals surface area contributed by atoms with Crippen LogP contribution in [-0.4, -0.2) is 49.7 Å². The van der Waals surface area contributed by atoms with Crippen LogP contribution in [0.5, 0.6) is 5.75 Å². The van der Waals surface area contributed by atoms with Crippen molar-refractivity contribution in [2.45, 2.75) is 0 Å². The number of nitrogens with zero attached hydrogens (tertiary/aromatic N) is 1. The van der Waals surface area contributed by atoms with Gasteiger partial charge in [-0.3, -0.25) is 15.6 Å². The van der Waals surface area contributed by atoms with Gasteiger partial charge in [-0.1, -0.05) is 22.0 Å². The number of amides is 1. The van der Waals surface area contributed by atoms with Crippen LogP contribution in [0, 0.1) is 0 Å². The molecule has 0 radical (unpaired) electrons. The molecule has 0 saturated heterocycles. The van der Waals surface area contributed by atoms with E-state index in [1.54, 1.807) is 12.1 Å². The van der Waals surface area contributed by atoms with Crippen LogP contribution >= 0.6 is 28.1 Å². The number of halogens is 1. The average Bonchev–Trinajstić information content (AvgIpc) is 2.42. The fourth-order valence-corrected chi connectivity index (χ4v) is 1.84. The van der Waals surface area contributed by atoms with E-state index < -0.39 is 0 Å². The summed E-state index contributed by atoms with van der Waals surface area (Å²) >= 11 is 8.35. The van der Waals surface area contributed by atoms with Gasteiger partial charge in [-0.25, -0.2) is 0 Å². The lowest BCUT2D eigenvalue weighted by Gasteiger charge is -2.14. The van der Waals surface area contributed by atoms with Crippen LogP contribution < -0.4 is 20.9 Å². The predicted octanol–water partition coefficient (Wildman–Crippen LogP) is 0.885. The summed E-state index contributed by atoms with van der Waals surface area (Å²) in [6.07, 6.45) is 0. The second-order valence-electron chi connectivity index (χ2n) is 4.48. The number of hydrogen-bond donors (Lipinski definition) is 3. The Bertz CT molecular complexity index is 485. The Morgan fingerprint density at radius 1 is 1.38 bits per heavy atom. The number of carbonyl (C=O) groups is 1. The van der Waals surface area contributed by atoms with Gasteiger partial charge in [-0.05, 0) is 44.5 Å². The second kappa shape index (κ2) is 9.54. The van der Waals surface area contributed by atoms with Gasteiger partial charge in [0, 0.05) is 17.6 Å². The fraction of sp³-hybridized carbons (Fsp3) is 0.385. The van der Waals surface area contributed by atoms with Crippen molar-refractivity contribution in [1.82, 2.24) is 21.1 Å². The number of hydrogen-bond acceptors (Lipinski definition) is 4. The summed E-state index contributed by atoms with van der Waals surface area (Å²) in [4.78, 5) is 13.6. The van der Waals surface area contributed by atoms with Gasteiger partial charge in [0.15, 0.2) is 11.7 Å². The molecule has 0 aliphatic carbocycles. The van der Waals surface area contributed by atoms with Crippen molar-refractivity contribution in [3.63, 3.8) is 0 Å². The topological polar surface area (TPSA) is 65.6 Å². The standard InChI is InChI=1S/C13H19BrN4O2S/c1-18(2)7-6-15-13(21)17-16-12(19)9-20-11-5-3-4-10(14)8-11/h3-5,8H,6-7,9H2,1-2H3,(H,16,19)(H2,15,17,21). The number of likely N-dealkylation sites (N-methyl/N-ethyl adjacent to an activating group) is 1. The molecule has 116 valence electrons. The Morgan fingerprint density at radius 3 is 2.81 bits per heavy atom. The molecule has 0 unspecified atom stereocenters. The molecule has 0 heterocycles. The van der Waals surface area contributed by atoms with Crippen molar-refractivity contribution in [1.29, 1.82) is 0 Å². The molecule has 8 heteroatoms. The molecule has 0 aliphatic heterocycles. The zero-order valence-electron chi connectivity index (χ0n) is 12.0. The van der Waals surface area contributed by atoms with Crippen molar-refractivity contribution >= 4 is 39.2 Å². The van der Waals surface area contributed by atoms with Gasteiger partial charge in [-0.2, -0.15) is 0 Å². The monoisotopic (exact) mass is 374 g/mol. The zero-order chi connectivity index (χ0) is 15.7. The van der Waals surface area contributed by atoms with Gasteiger partial charge in [0.1, 0.15) is 5.75 Å². The summed E-state index contributed by atoms with van der Waals surface area (Å²) in [7, 11) is 3.94.